The number of carbonyl (C=O) groups is 1. The smallest absolute Gasteiger partial charge is 0.410 e. The van der Waals surface area contributed by atoms with Crippen LogP contribution in [0.3, 0.4) is 0 Å². The van der Waals surface area contributed by atoms with Crippen molar-refractivity contribution in [2.24, 2.45) is 0 Å². The van der Waals surface area contributed by atoms with Crippen LogP contribution in [-0.4, -0.2) is 40.9 Å². The Balaban J connectivity index is 1.65. The number of nitrogens with one attached hydrogen (secondary N) is 1. The number of hydrogen-bond acceptors (Lipinski definition) is 4. The summed E-state index contributed by atoms with van der Waals surface area (Å²) >= 11 is 0. The van der Waals surface area contributed by atoms with Gasteiger partial charge in [0.2, 0.25) is 0 Å². The standard InChI is InChI=1S/C23H23F3N4O2/c1-29(14-15-6-4-3-5-7-15)22(31)18-13-27-30-20(23(24,25)26)12-19(28-21(18)30)16-8-10-17(32-2)11-9-16/h3-11,13,19-20,28H,12,14H2,1-2H3/t19-,20-/m0/s1. The molecule has 0 spiro atoms. The second-order valence-electron chi connectivity index (χ2n) is 7.76. The predicted octanol–water partition coefficient (Wildman–Crippen LogP) is 4.82. The minimum Gasteiger partial charge on any atom is -0.497 e. The third-order valence-electron chi connectivity index (χ3n) is 5.60. The highest BCUT2D eigenvalue weighted by molar-refractivity contribution is 5.98. The number of nitrogens with zero attached hydrogens (tertiary/aromatic N) is 3. The molecule has 1 aliphatic rings. The Labute approximate surface area is 183 Å². The number of anilines is 1. The minimum absolute atomic E-state index is 0.0734. The molecule has 1 aliphatic heterocycles. The summed E-state index contributed by atoms with van der Waals surface area (Å²) in [4.78, 5) is 14.6. The summed E-state index contributed by atoms with van der Waals surface area (Å²) in [5.74, 6) is 0.281. The lowest BCUT2D eigenvalue weighted by Crippen LogP contribution is -2.36. The van der Waals surface area contributed by atoms with E-state index in [2.05, 4.69) is 10.4 Å². The number of hydrogen-bond donors (Lipinski definition) is 1. The van der Waals surface area contributed by atoms with Crippen molar-refractivity contribution in [3.05, 3.63) is 77.5 Å². The van der Waals surface area contributed by atoms with Crippen LogP contribution in [0.2, 0.25) is 0 Å². The average molecular weight is 444 g/mol. The van der Waals surface area contributed by atoms with Crippen molar-refractivity contribution in [2.45, 2.75) is 31.2 Å². The molecule has 6 nitrogen and oxygen atoms in total. The number of amides is 1. The van der Waals surface area contributed by atoms with Crippen LogP contribution in [0.5, 0.6) is 5.75 Å². The van der Waals surface area contributed by atoms with E-state index in [1.54, 1.807) is 31.3 Å². The van der Waals surface area contributed by atoms with Gasteiger partial charge in [-0.3, -0.25) is 4.79 Å². The molecule has 0 fully saturated rings. The van der Waals surface area contributed by atoms with Gasteiger partial charge in [0.05, 0.1) is 19.3 Å². The first-order valence-corrected chi connectivity index (χ1v) is 10.1. The van der Waals surface area contributed by atoms with Gasteiger partial charge in [-0.1, -0.05) is 42.5 Å². The summed E-state index contributed by atoms with van der Waals surface area (Å²) in [7, 11) is 3.14. The summed E-state index contributed by atoms with van der Waals surface area (Å²) in [6, 6.07) is 13.7. The largest absolute Gasteiger partial charge is 0.497 e. The summed E-state index contributed by atoms with van der Waals surface area (Å²) in [5.41, 5.74) is 1.70. The molecule has 0 saturated heterocycles. The number of benzene rings is 2. The fourth-order valence-electron chi connectivity index (χ4n) is 3.91. The Hall–Kier alpha value is -3.49. The molecule has 1 amide bonds. The zero-order valence-corrected chi connectivity index (χ0v) is 17.6. The van der Waals surface area contributed by atoms with Crippen molar-refractivity contribution in [3.8, 4) is 5.75 Å². The van der Waals surface area contributed by atoms with Crippen LogP contribution in [0.4, 0.5) is 19.0 Å². The Kier molecular flexibility index (Phi) is 5.82. The fraction of sp³-hybridized carbons (Fsp3) is 0.304. The second-order valence-corrected chi connectivity index (χ2v) is 7.76. The SMILES string of the molecule is COc1ccc([C@@H]2C[C@@H](C(F)(F)F)n3ncc(C(=O)N(C)Cc4ccccc4)c3N2)cc1. The van der Waals surface area contributed by atoms with Crippen LogP contribution in [0.15, 0.2) is 60.8 Å². The number of fused-ring (bicyclic) bond motifs is 1. The molecule has 9 heteroatoms. The molecule has 0 bridgehead atoms. The van der Waals surface area contributed by atoms with E-state index in [-0.39, 0.29) is 17.8 Å². The van der Waals surface area contributed by atoms with E-state index in [1.807, 2.05) is 30.3 Å². The Morgan fingerprint density at radius 2 is 1.88 bits per heavy atom. The Morgan fingerprint density at radius 3 is 2.50 bits per heavy atom. The first-order chi connectivity index (χ1) is 15.3. The van der Waals surface area contributed by atoms with Crippen LogP contribution >= 0.6 is 0 Å². The predicted molar refractivity (Wildman–Crippen MR) is 114 cm³/mol. The lowest BCUT2D eigenvalue weighted by molar-refractivity contribution is -0.173. The molecule has 3 aromatic rings. The zero-order valence-electron chi connectivity index (χ0n) is 17.6. The van der Waals surface area contributed by atoms with Crippen molar-refractivity contribution in [2.75, 3.05) is 19.5 Å². The van der Waals surface area contributed by atoms with Gasteiger partial charge >= 0.3 is 6.18 Å². The summed E-state index contributed by atoms with van der Waals surface area (Å²) in [6.45, 7) is 0.328. The zero-order chi connectivity index (χ0) is 22.9. The highest BCUT2D eigenvalue weighted by Crippen LogP contribution is 2.44. The topological polar surface area (TPSA) is 59.4 Å². The number of rotatable bonds is 5. The third-order valence-corrected chi connectivity index (χ3v) is 5.60. The number of aromatic nitrogens is 2. The maximum Gasteiger partial charge on any atom is 0.410 e. The van der Waals surface area contributed by atoms with Gasteiger partial charge in [0.15, 0.2) is 6.04 Å². The van der Waals surface area contributed by atoms with E-state index in [0.717, 1.165) is 10.2 Å². The molecule has 1 N–H and O–H groups in total. The molecule has 0 saturated carbocycles. The molecule has 1 aromatic heterocycles. The van der Waals surface area contributed by atoms with Gasteiger partial charge in [0, 0.05) is 20.0 Å². The number of halogens is 3. The maximum absolute atomic E-state index is 13.9. The first kappa shape index (κ1) is 21.7. The monoisotopic (exact) mass is 444 g/mol. The van der Waals surface area contributed by atoms with Crippen LogP contribution in [0.1, 0.15) is 40.0 Å². The molecule has 4 rings (SSSR count). The Bertz CT molecular complexity index is 1080. The van der Waals surface area contributed by atoms with Gasteiger partial charge in [0.25, 0.3) is 5.91 Å². The van der Waals surface area contributed by atoms with Crippen molar-refractivity contribution >= 4 is 11.7 Å². The van der Waals surface area contributed by atoms with Gasteiger partial charge in [-0.2, -0.15) is 18.3 Å². The van der Waals surface area contributed by atoms with E-state index in [1.165, 1.54) is 18.2 Å². The van der Waals surface area contributed by atoms with E-state index < -0.39 is 24.2 Å². The molecule has 2 heterocycles. The normalized spacial score (nSPS) is 17.9. The first-order valence-electron chi connectivity index (χ1n) is 10.1. The van der Waals surface area contributed by atoms with Crippen molar-refractivity contribution in [1.29, 1.82) is 0 Å². The van der Waals surface area contributed by atoms with Gasteiger partial charge in [-0.15, -0.1) is 0 Å². The molecule has 32 heavy (non-hydrogen) atoms. The number of ether oxygens (including phenoxy) is 1. The second kappa shape index (κ2) is 8.57. The molecular weight excluding hydrogens is 421 g/mol. The molecule has 0 unspecified atom stereocenters. The van der Waals surface area contributed by atoms with Crippen molar-refractivity contribution in [3.63, 3.8) is 0 Å². The third kappa shape index (κ3) is 4.28. The van der Waals surface area contributed by atoms with Gasteiger partial charge in [-0.05, 0) is 23.3 Å². The molecule has 0 radical (unpaired) electrons. The van der Waals surface area contributed by atoms with Crippen molar-refractivity contribution < 1.29 is 22.7 Å². The van der Waals surface area contributed by atoms with E-state index in [9.17, 15) is 18.0 Å². The number of carbonyl (C=O) groups excluding carboxylic acids is 1. The van der Waals surface area contributed by atoms with Crippen LogP contribution in [-0.2, 0) is 6.54 Å². The maximum atomic E-state index is 13.9. The van der Waals surface area contributed by atoms with E-state index >= 15 is 0 Å². The van der Waals surface area contributed by atoms with Gasteiger partial charge in [0.1, 0.15) is 17.1 Å². The van der Waals surface area contributed by atoms with Crippen LogP contribution in [0.25, 0.3) is 0 Å². The average Bonchev–Trinajstić information content (AvgIpc) is 3.21. The summed E-state index contributed by atoms with van der Waals surface area (Å²) in [6.07, 6.45) is -3.54. The van der Waals surface area contributed by atoms with E-state index in [0.29, 0.717) is 17.9 Å². The molecule has 2 atom stereocenters. The molecule has 2 aromatic carbocycles. The summed E-state index contributed by atoms with van der Waals surface area (Å²) in [5, 5.41) is 7.05. The summed E-state index contributed by atoms with van der Waals surface area (Å²) < 4.78 is 47.7. The van der Waals surface area contributed by atoms with Crippen LogP contribution < -0.4 is 10.1 Å². The molecule has 0 aliphatic carbocycles. The lowest BCUT2D eigenvalue weighted by atomic mass is 9.96. The van der Waals surface area contributed by atoms with E-state index in [4.69, 9.17) is 4.74 Å². The number of alkyl halides is 3. The van der Waals surface area contributed by atoms with Crippen molar-refractivity contribution in [1.82, 2.24) is 14.7 Å². The fourth-order valence-corrected chi connectivity index (χ4v) is 3.91. The molecule has 168 valence electrons. The van der Waals surface area contributed by atoms with Crippen LogP contribution in [0, 0.1) is 0 Å². The number of methoxy groups -OCH3 is 1. The Morgan fingerprint density at radius 1 is 1.19 bits per heavy atom. The highest BCUT2D eigenvalue weighted by Gasteiger charge is 2.47. The minimum atomic E-state index is -4.51. The highest BCUT2D eigenvalue weighted by atomic mass is 19.4. The van der Waals surface area contributed by atoms with Gasteiger partial charge in [-0.25, -0.2) is 4.68 Å². The molecular formula is C23H23F3N4O2. The van der Waals surface area contributed by atoms with Gasteiger partial charge < -0.3 is 15.0 Å². The quantitative estimate of drug-likeness (QED) is 0.613. The lowest BCUT2D eigenvalue weighted by Gasteiger charge is -2.34.